The molecule has 0 saturated heterocycles. The Kier molecular flexibility index (Phi) is 5.85. The third kappa shape index (κ3) is 4.02. The van der Waals surface area contributed by atoms with Crippen LogP contribution in [0.3, 0.4) is 0 Å². The molecule has 0 bridgehead atoms. The minimum atomic E-state index is -4.07. The average molecular weight is 440 g/mol. The number of benzene rings is 1. The Morgan fingerprint density at radius 1 is 1.33 bits per heavy atom. The van der Waals surface area contributed by atoms with Crippen molar-refractivity contribution in [2.24, 2.45) is 0 Å². The summed E-state index contributed by atoms with van der Waals surface area (Å²) in [6, 6.07) is 3.15. The summed E-state index contributed by atoms with van der Waals surface area (Å²) in [6.07, 6.45) is 1.26. The van der Waals surface area contributed by atoms with Crippen molar-refractivity contribution in [1.29, 1.82) is 0 Å². The number of hydrogen-bond acceptors (Lipinski definition) is 6. The van der Waals surface area contributed by atoms with E-state index in [-0.39, 0.29) is 18.1 Å². The number of H-pyrrole nitrogens is 1. The zero-order chi connectivity index (χ0) is 22.1. The molecule has 0 aliphatic heterocycles. The van der Waals surface area contributed by atoms with Crippen LogP contribution >= 0.6 is 0 Å². The second kappa shape index (κ2) is 8.20. The number of fused-ring (bicyclic) bond motifs is 1. The minimum absolute atomic E-state index is 0.123. The summed E-state index contributed by atoms with van der Waals surface area (Å²) in [6.45, 7) is 1.71. The second-order valence-corrected chi connectivity index (χ2v) is 7.89. The van der Waals surface area contributed by atoms with Gasteiger partial charge in [-0.25, -0.2) is 13.8 Å². The fraction of sp³-hybridized carbons (Fsp3) is 0.235. The number of aromatic amines is 1. The third-order valence-electron chi connectivity index (χ3n) is 4.25. The number of nitrogens with one attached hydrogen (secondary N) is 3. The molecule has 0 atom stereocenters. The summed E-state index contributed by atoms with van der Waals surface area (Å²) in [5, 5.41) is 9.28. The maximum Gasteiger partial charge on any atom is 0.301 e. The molecule has 13 heteroatoms. The Labute approximate surface area is 170 Å². The molecule has 0 saturated carbocycles. The molecule has 1 amide bonds. The monoisotopic (exact) mass is 440 g/mol. The molecule has 0 fully saturated rings. The molecular formula is C17H18F2N6O4S. The molecule has 2 heterocycles. The number of halogens is 2. The first-order valence-corrected chi connectivity index (χ1v) is 10.0. The molecule has 0 aliphatic rings. The van der Waals surface area contributed by atoms with Gasteiger partial charge < -0.3 is 10.1 Å². The number of nitrogens with zero attached hydrogens (tertiary/aromatic N) is 3. The van der Waals surface area contributed by atoms with Gasteiger partial charge in [-0.3, -0.25) is 14.6 Å². The number of pyridine rings is 1. The van der Waals surface area contributed by atoms with Gasteiger partial charge in [-0.05, 0) is 18.2 Å². The maximum absolute atomic E-state index is 14.8. The van der Waals surface area contributed by atoms with E-state index in [1.165, 1.54) is 26.4 Å². The van der Waals surface area contributed by atoms with E-state index in [2.05, 4.69) is 20.5 Å². The molecule has 30 heavy (non-hydrogen) atoms. The van der Waals surface area contributed by atoms with Gasteiger partial charge in [0.1, 0.15) is 11.4 Å². The molecule has 10 nitrogen and oxygen atoms in total. The van der Waals surface area contributed by atoms with Crippen LogP contribution in [0.5, 0.6) is 5.88 Å². The molecule has 3 N–H and O–H groups in total. The van der Waals surface area contributed by atoms with Crippen molar-refractivity contribution >= 4 is 38.5 Å². The van der Waals surface area contributed by atoms with Crippen molar-refractivity contribution in [2.45, 2.75) is 6.92 Å². The summed E-state index contributed by atoms with van der Waals surface area (Å²) in [4.78, 5) is 16.6. The summed E-state index contributed by atoms with van der Waals surface area (Å²) in [5.41, 5.74) is -0.998. The highest BCUT2D eigenvalue weighted by atomic mass is 32.2. The molecule has 3 aromatic rings. The van der Waals surface area contributed by atoms with Gasteiger partial charge in [0.05, 0.1) is 30.1 Å². The summed E-state index contributed by atoms with van der Waals surface area (Å²) < 4.78 is 61.3. The van der Waals surface area contributed by atoms with E-state index >= 15 is 0 Å². The molecule has 0 unspecified atom stereocenters. The first kappa shape index (κ1) is 21.4. The van der Waals surface area contributed by atoms with Crippen molar-refractivity contribution in [3.8, 4) is 5.88 Å². The van der Waals surface area contributed by atoms with Crippen LogP contribution in [0.4, 0.5) is 20.2 Å². The van der Waals surface area contributed by atoms with Crippen molar-refractivity contribution in [3.63, 3.8) is 0 Å². The molecule has 0 spiro atoms. The molecule has 160 valence electrons. The number of hydrogen-bond donors (Lipinski definition) is 3. The van der Waals surface area contributed by atoms with E-state index in [1.807, 2.05) is 4.72 Å². The van der Waals surface area contributed by atoms with Crippen LogP contribution in [0, 0.1) is 11.6 Å². The number of methoxy groups -OCH3 is 1. The quantitative estimate of drug-likeness (QED) is 0.516. The number of ether oxygens (including phenoxy) is 1. The Bertz CT molecular complexity index is 1210. The predicted octanol–water partition coefficient (Wildman–Crippen LogP) is 2.11. The maximum atomic E-state index is 14.8. The van der Waals surface area contributed by atoms with Crippen molar-refractivity contribution in [3.05, 3.63) is 41.6 Å². The smallest absolute Gasteiger partial charge is 0.301 e. The first-order chi connectivity index (χ1) is 14.2. The van der Waals surface area contributed by atoms with Crippen LogP contribution in [-0.4, -0.2) is 54.5 Å². The summed E-state index contributed by atoms with van der Waals surface area (Å²) in [5.74, 6) is -3.41. The standard InChI is InChI=1S/C17H18F2N6O4S/c1-4-25(2)30(27,28)24-12-6-5-11(18)13(14(12)19)16(26)21-9-7-10-15(20-8-9)22-23-17(10)29-3/h5-8,24H,4H2,1-3H3,(H,21,26)(H,20,22,23). The van der Waals surface area contributed by atoms with Crippen LogP contribution in [0.2, 0.25) is 0 Å². The number of carbonyl (C=O) groups is 1. The lowest BCUT2D eigenvalue weighted by molar-refractivity contribution is 0.101. The van der Waals surface area contributed by atoms with E-state index in [4.69, 9.17) is 4.74 Å². The second-order valence-electron chi connectivity index (χ2n) is 6.11. The van der Waals surface area contributed by atoms with Gasteiger partial charge in [-0.2, -0.15) is 12.7 Å². The number of aromatic nitrogens is 3. The van der Waals surface area contributed by atoms with Crippen LogP contribution in [-0.2, 0) is 10.2 Å². The van der Waals surface area contributed by atoms with Gasteiger partial charge in [0.2, 0.25) is 5.88 Å². The van der Waals surface area contributed by atoms with Crippen molar-refractivity contribution in [1.82, 2.24) is 19.5 Å². The van der Waals surface area contributed by atoms with E-state index in [0.717, 1.165) is 16.4 Å². The lowest BCUT2D eigenvalue weighted by Crippen LogP contribution is -2.32. The molecule has 1 aromatic carbocycles. The van der Waals surface area contributed by atoms with E-state index in [9.17, 15) is 22.0 Å². The Balaban J connectivity index is 1.92. The van der Waals surface area contributed by atoms with Gasteiger partial charge >= 0.3 is 10.2 Å². The van der Waals surface area contributed by atoms with Crippen molar-refractivity contribution in [2.75, 3.05) is 30.7 Å². The topological polar surface area (TPSA) is 129 Å². The van der Waals surface area contributed by atoms with Gasteiger partial charge in [0.25, 0.3) is 5.91 Å². The fourth-order valence-corrected chi connectivity index (χ4v) is 3.46. The van der Waals surface area contributed by atoms with Crippen molar-refractivity contribution < 1.29 is 26.7 Å². The molecule has 2 aromatic heterocycles. The summed E-state index contributed by atoms with van der Waals surface area (Å²) >= 11 is 0. The lowest BCUT2D eigenvalue weighted by atomic mass is 10.1. The average Bonchev–Trinajstić information content (AvgIpc) is 3.11. The Morgan fingerprint density at radius 2 is 2.07 bits per heavy atom. The zero-order valence-corrected chi connectivity index (χ0v) is 17.0. The summed E-state index contributed by atoms with van der Waals surface area (Å²) in [7, 11) is -1.39. The van der Waals surface area contributed by atoms with Gasteiger partial charge in [0.15, 0.2) is 11.5 Å². The minimum Gasteiger partial charge on any atom is -0.479 e. The predicted molar refractivity (Wildman–Crippen MR) is 106 cm³/mol. The van der Waals surface area contributed by atoms with Gasteiger partial charge in [0, 0.05) is 13.6 Å². The highest BCUT2D eigenvalue weighted by molar-refractivity contribution is 7.90. The Morgan fingerprint density at radius 3 is 2.73 bits per heavy atom. The highest BCUT2D eigenvalue weighted by Crippen LogP contribution is 2.26. The SMILES string of the molecule is CCN(C)S(=O)(=O)Nc1ccc(F)c(C(=O)Nc2cnc3[nH]nc(OC)c3c2)c1F. The molecular weight excluding hydrogens is 422 g/mol. The number of carbonyl (C=O) groups excluding carboxylic acids is 1. The first-order valence-electron chi connectivity index (χ1n) is 8.59. The van der Waals surface area contributed by atoms with Crippen LogP contribution < -0.4 is 14.8 Å². The largest absolute Gasteiger partial charge is 0.479 e. The van der Waals surface area contributed by atoms with Gasteiger partial charge in [-0.15, -0.1) is 5.10 Å². The van der Waals surface area contributed by atoms with E-state index in [0.29, 0.717) is 11.0 Å². The fourth-order valence-electron chi connectivity index (χ4n) is 2.52. The molecule has 0 aliphatic carbocycles. The molecule has 3 rings (SSSR count). The number of rotatable bonds is 7. The van der Waals surface area contributed by atoms with E-state index < -0.39 is 39.0 Å². The molecule has 0 radical (unpaired) electrons. The number of anilines is 2. The Hall–Kier alpha value is -3.32. The van der Waals surface area contributed by atoms with Crippen LogP contribution in [0.25, 0.3) is 11.0 Å². The van der Waals surface area contributed by atoms with E-state index in [1.54, 1.807) is 6.92 Å². The van der Waals surface area contributed by atoms with Gasteiger partial charge in [-0.1, -0.05) is 6.92 Å². The third-order valence-corrected chi connectivity index (χ3v) is 5.80. The zero-order valence-electron chi connectivity index (χ0n) is 16.2. The van der Waals surface area contributed by atoms with Crippen LogP contribution in [0.1, 0.15) is 17.3 Å². The lowest BCUT2D eigenvalue weighted by Gasteiger charge is -2.17. The normalized spacial score (nSPS) is 11.7. The highest BCUT2D eigenvalue weighted by Gasteiger charge is 2.24. The number of amides is 1. The van der Waals surface area contributed by atoms with Crippen LogP contribution in [0.15, 0.2) is 24.4 Å².